The van der Waals surface area contributed by atoms with Crippen molar-refractivity contribution in [1.82, 2.24) is 10.2 Å². The van der Waals surface area contributed by atoms with Crippen LogP contribution in [0.25, 0.3) is 0 Å². The van der Waals surface area contributed by atoms with Crippen LogP contribution in [0.15, 0.2) is 24.3 Å². The molecule has 1 atom stereocenters. The molecule has 2 amide bonds. The van der Waals surface area contributed by atoms with Crippen molar-refractivity contribution in [2.75, 3.05) is 0 Å². The van der Waals surface area contributed by atoms with E-state index in [1.54, 1.807) is 0 Å². The predicted molar refractivity (Wildman–Crippen MR) is 81.2 cm³/mol. The largest absolute Gasteiger partial charge is 0.346 e. The van der Waals surface area contributed by atoms with Crippen molar-refractivity contribution < 1.29 is 9.59 Å². The van der Waals surface area contributed by atoms with E-state index in [0.717, 1.165) is 11.1 Å². The summed E-state index contributed by atoms with van der Waals surface area (Å²) in [6.07, 6.45) is 0.921. The molecule has 4 nitrogen and oxygen atoms in total. The molecule has 5 heteroatoms. The summed E-state index contributed by atoms with van der Waals surface area (Å²) < 4.78 is 0. The fraction of sp³-hybridized carbons (Fsp3) is 0.400. The van der Waals surface area contributed by atoms with Crippen LogP contribution in [-0.4, -0.2) is 27.7 Å². The van der Waals surface area contributed by atoms with Gasteiger partial charge in [0.15, 0.2) is 0 Å². The van der Waals surface area contributed by atoms with Gasteiger partial charge >= 0.3 is 0 Å². The minimum absolute atomic E-state index is 0.195. The second-order valence-electron chi connectivity index (χ2n) is 4.56. The second kappa shape index (κ2) is 6.13. The van der Waals surface area contributed by atoms with Crippen LogP contribution in [0.3, 0.4) is 0 Å². The molecule has 3 rings (SSSR count). The van der Waals surface area contributed by atoms with Crippen LogP contribution in [0, 0.1) is 0 Å². The molecule has 1 saturated heterocycles. The Balaban J connectivity index is 0.000000704. The van der Waals surface area contributed by atoms with Crippen LogP contribution in [0.4, 0.5) is 0 Å². The van der Waals surface area contributed by atoms with E-state index < -0.39 is 0 Å². The molecule has 1 unspecified atom stereocenters. The lowest BCUT2D eigenvalue weighted by atomic mass is 10.0. The van der Waals surface area contributed by atoms with Gasteiger partial charge in [-0.05, 0) is 12.0 Å². The molecule has 0 spiro atoms. The third-order valence-electron chi connectivity index (χ3n) is 3.44. The number of hydrogen-bond acceptors (Lipinski definition) is 3. The van der Waals surface area contributed by atoms with Crippen molar-refractivity contribution in [1.29, 1.82) is 0 Å². The van der Waals surface area contributed by atoms with Gasteiger partial charge in [-0.15, -0.1) is 0 Å². The van der Waals surface area contributed by atoms with Crippen molar-refractivity contribution in [3.8, 4) is 0 Å². The summed E-state index contributed by atoms with van der Waals surface area (Å²) in [5.41, 5.74) is 2.17. The van der Waals surface area contributed by atoms with Gasteiger partial charge in [-0.25, -0.2) is 0 Å². The van der Waals surface area contributed by atoms with E-state index >= 15 is 0 Å². The number of nitrogens with zero attached hydrogens (tertiary/aromatic N) is 1. The number of thiocarbonyl (C=S) groups is 1. The van der Waals surface area contributed by atoms with Gasteiger partial charge in [0.05, 0.1) is 0 Å². The van der Waals surface area contributed by atoms with Crippen LogP contribution in [0.5, 0.6) is 0 Å². The summed E-state index contributed by atoms with van der Waals surface area (Å²) in [4.78, 5) is 25.6. The average molecular weight is 290 g/mol. The van der Waals surface area contributed by atoms with E-state index in [-0.39, 0.29) is 17.9 Å². The summed E-state index contributed by atoms with van der Waals surface area (Å²) in [6.45, 7) is 4.65. The number of carbonyl (C=O) groups excluding carboxylic acids is 2. The number of hydrogen-bond donors (Lipinski definition) is 1. The van der Waals surface area contributed by atoms with Crippen LogP contribution < -0.4 is 5.32 Å². The van der Waals surface area contributed by atoms with Gasteiger partial charge in [0.1, 0.15) is 11.0 Å². The van der Waals surface area contributed by atoms with E-state index in [4.69, 9.17) is 12.2 Å². The minimum atomic E-state index is -0.317. The first kappa shape index (κ1) is 14.7. The zero-order chi connectivity index (χ0) is 14.7. The molecule has 0 saturated carbocycles. The van der Waals surface area contributed by atoms with Crippen molar-refractivity contribution >= 4 is 29.0 Å². The highest BCUT2D eigenvalue weighted by Gasteiger charge is 2.36. The summed E-state index contributed by atoms with van der Waals surface area (Å²) in [7, 11) is 0. The van der Waals surface area contributed by atoms with Gasteiger partial charge < -0.3 is 4.90 Å². The number of rotatable bonds is 1. The molecule has 1 aromatic carbocycles. The van der Waals surface area contributed by atoms with E-state index in [2.05, 4.69) is 5.32 Å². The molecule has 106 valence electrons. The lowest BCUT2D eigenvalue weighted by Gasteiger charge is -2.30. The minimum Gasteiger partial charge on any atom is -0.346 e. The van der Waals surface area contributed by atoms with Gasteiger partial charge in [-0.3, -0.25) is 14.9 Å². The molecular formula is C15H18N2O2S. The maximum atomic E-state index is 11.9. The SMILES string of the molecule is CC.O=C1CCC(N2Cc3ccccc3C2=S)C(=O)N1. The molecule has 0 aromatic heterocycles. The Labute approximate surface area is 124 Å². The van der Waals surface area contributed by atoms with Gasteiger partial charge in [-0.2, -0.15) is 0 Å². The highest BCUT2D eigenvalue weighted by atomic mass is 32.1. The zero-order valence-corrected chi connectivity index (χ0v) is 12.5. The van der Waals surface area contributed by atoms with E-state index in [9.17, 15) is 9.59 Å². The quantitative estimate of drug-likeness (QED) is 0.635. The Morgan fingerprint density at radius 3 is 2.60 bits per heavy atom. The summed E-state index contributed by atoms with van der Waals surface area (Å²) >= 11 is 5.42. The summed E-state index contributed by atoms with van der Waals surface area (Å²) in [5, 5.41) is 2.37. The van der Waals surface area contributed by atoms with Crippen molar-refractivity contribution in [3.05, 3.63) is 35.4 Å². The van der Waals surface area contributed by atoms with Crippen LogP contribution in [0.1, 0.15) is 37.8 Å². The smallest absolute Gasteiger partial charge is 0.249 e. The molecule has 0 aliphatic carbocycles. The number of carbonyl (C=O) groups is 2. The van der Waals surface area contributed by atoms with Gasteiger partial charge in [0.25, 0.3) is 0 Å². The normalized spacial score (nSPS) is 21.0. The van der Waals surface area contributed by atoms with Gasteiger partial charge in [-0.1, -0.05) is 50.3 Å². The average Bonchev–Trinajstić information content (AvgIpc) is 2.79. The van der Waals surface area contributed by atoms with Crippen molar-refractivity contribution in [3.63, 3.8) is 0 Å². The Bertz CT molecular complexity index is 557. The Kier molecular flexibility index (Phi) is 4.49. The molecule has 1 N–H and O–H groups in total. The Hall–Kier alpha value is -1.75. The molecule has 20 heavy (non-hydrogen) atoms. The Morgan fingerprint density at radius 2 is 1.95 bits per heavy atom. The fourth-order valence-electron chi connectivity index (χ4n) is 2.51. The van der Waals surface area contributed by atoms with Crippen molar-refractivity contribution in [2.45, 2.75) is 39.3 Å². The Morgan fingerprint density at radius 1 is 1.25 bits per heavy atom. The van der Waals surface area contributed by atoms with Gasteiger partial charge in [0.2, 0.25) is 11.8 Å². The summed E-state index contributed by atoms with van der Waals surface area (Å²) in [5.74, 6) is -0.430. The van der Waals surface area contributed by atoms with Crippen LogP contribution in [0.2, 0.25) is 0 Å². The molecule has 2 aliphatic rings. The third kappa shape index (κ3) is 2.58. The second-order valence-corrected chi connectivity index (χ2v) is 4.94. The standard InChI is InChI=1S/C13H12N2O2S.C2H6/c16-11-6-5-10(12(17)14-11)15-7-8-3-1-2-4-9(8)13(15)18;1-2/h1-4,10H,5-7H2,(H,14,16,17);1-2H3. The van der Waals surface area contributed by atoms with E-state index in [1.807, 2.05) is 43.0 Å². The molecule has 0 bridgehead atoms. The molecule has 1 aromatic rings. The maximum Gasteiger partial charge on any atom is 0.249 e. The van der Waals surface area contributed by atoms with Crippen LogP contribution >= 0.6 is 12.2 Å². The first-order valence-corrected chi connectivity index (χ1v) is 7.30. The van der Waals surface area contributed by atoms with E-state index in [0.29, 0.717) is 24.4 Å². The summed E-state index contributed by atoms with van der Waals surface area (Å²) in [6, 6.07) is 7.59. The lowest BCUT2D eigenvalue weighted by Crippen LogP contribution is -2.52. The number of benzene rings is 1. The van der Waals surface area contributed by atoms with Crippen LogP contribution in [-0.2, 0) is 16.1 Å². The number of piperidine rings is 1. The topological polar surface area (TPSA) is 49.4 Å². The number of nitrogens with one attached hydrogen (secondary N) is 1. The van der Waals surface area contributed by atoms with Crippen molar-refractivity contribution in [2.24, 2.45) is 0 Å². The first-order valence-electron chi connectivity index (χ1n) is 6.89. The fourth-order valence-corrected chi connectivity index (χ4v) is 2.90. The maximum absolute atomic E-state index is 11.9. The monoisotopic (exact) mass is 290 g/mol. The predicted octanol–water partition coefficient (Wildman–Crippen LogP) is 2.01. The molecule has 0 radical (unpaired) electrons. The molecule has 1 fully saturated rings. The number of fused-ring (bicyclic) bond motifs is 1. The first-order chi connectivity index (χ1) is 9.66. The molecular weight excluding hydrogens is 272 g/mol. The highest BCUT2D eigenvalue weighted by Crippen LogP contribution is 2.27. The third-order valence-corrected chi connectivity index (χ3v) is 3.89. The number of imide groups is 1. The van der Waals surface area contributed by atoms with E-state index in [1.165, 1.54) is 0 Å². The van der Waals surface area contributed by atoms with Gasteiger partial charge in [0, 0.05) is 18.5 Å². The zero-order valence-electron chi connectivity index (χ0n) is 11.7. The molecule has 2 aliphatic heterocycles. The highest BCUT2D eigenvalue weighted by molar-refractivity contribution is 7.80. The molecule has 2 heterocycles. The number of amides is 2. The lowest BCUT2D eigenvalue weighted by molar-refractivity contribution is -0.136.